The number of carbonyl (C=O) groups is 1. The van der Waals surface area contributed by atoms with E-state index in [0.717, 1.165) is 6.21 Å². The Morgan fingerprint density at radius 1 is 1.38 bits per heavy atom. The zero-order valence-corrected chi connectivity index (χ0v) is 4.16. The third-order valence-corrected chi connectivity index (χ3v) is 0.682. The summed E-state index contributed by atoms with van der Waals surface area (Å²) in [4.78, 5) is 17.2. The smallest absolute Gasteiger partial charge is 0.266 e. The van der Waals surface area contributed by atoms with Gasteiger partial charge in [-0.3, -0.25) is 9.79 Å². The Morgan fingerprint density at radius 3 is 2.50 bits per heavy atom. The Bertz CT molecular complexity index is 153. The van der Waals surface area contributed by atoms with Crippen LogP contribution in [0.1, 0.15) is 0 Å². The first-order chi connectivity index (χ1) is 3.79. The molecule has 0 aromatic rings. The molecule has 3 nitrogen and oxygen atoms in total. The van der Waals surface area contributed by atoms with Crippen molar-refractivity contribution >= 4 is 18.3 Å². The Balaban J connectivity index is 2.83. The molecule has 8 heavy (non-hydrogen) atoms. The average Bonchev–Trinajstić information content (AvgIpc) is 1.77. The van der Waals surface area contributed by atoms with Crippen LogP contribution in [0.15, 0.2) is 22.3 Å². The van der Waals surface area contributed by atoms with Gasteiger partial charge >= 0.3 is 0 Å². The number of aliphatic imine (C=N–C) groups is 2. The summed E-state index contributed by atoms with van der Waals surface area (Å²) < 4.78 is 0. The van der Waals surface area contributed by atoms with Crippen LogP contribution < -0.4 is 0 Å². The quantitative estimate of drug-likeness (QED) is 0.436. The number of hydrogen-bond donors (Lipinski definition) is 0. The van der Waals surface area contributed by atoms with Crippen molar-refractivity contribution < 1.29 is 4.79 Å². The summed E-state index contributed by atoms with van der Waals surface area (Å²) in [6, 6.07) is 0. The molecule has 0 aliphatic carbocycles. The monoisotopic (exact) mass is 108 g/mol. The molecule has 0 radical (unpaired) electrons. The number of carbonyl (C=O) groups excluding carboxylic acids is 1. The Kier molecular flexibility index (Phi) is 1.04. The van der Waals surface area contributed by atoms with Crippen molar-refractivity contribution in [1.29, 1.82) is 0 Å². The molecule has 0 aromatic heterocycles. The van der Waals surface area contributed by atoms with Crippen LogP contribution in [0.3, 0.4) is 0 Å². The average molecular weight is 108 g/mol. The minimum atomic E-state index is -0.322. The molecule has 1 amide bonds. The molecular formula is C5H4N2O. The minimum absolute atomic E-state index is 0.322. The fraction of sp³-hybridized carbons (Fsp3) is 0. The van der Waals surface area contributed by atoms with Crippen LogP contribution in [0.4, 0.5) is 0 Å². The van der Waals surface area contributed by atoms with E-state index >= 15 is 0 Å². The van der Waals surface area contributed by atoms with Gasteiger partial charge in [-0.05, 0) is 0 Å². The zero-order chi connectivity index (χ0) is 5.98. The lowest BCUT2D eigenvalue weighted by Gasteiger charge is -1.91. The van der Waals surface area contributed by atoms with Gasteiger partial charge < -0.3 is 0 Å². The first kappa shape index (κ1) is 4.90. The van der Waals surface area contributed by atoms with Gasteiger partial charge in [0.15, 0.2) is 0 Å². The van der Waals surface area contributed by atoms with Crippen LogP contribution in [0.2, 0.25) is 0 Å². The predicted molar refractivity (Wildman–Crippen MR) is 31.1 cm³/mol. The lowest BCUT2D eigenvalue weighted by molar-refractivity contribution is -0.111. The van der Waals surface area contributed by atoms with Gasteiger partial charge in [-0.25, -0.2) is 4.99 Å². The lowest BCUT2D eigenvalue weighted by atomic mass is 10.5. The number of nitrogens with zero attached hydrogens (tertiary/aromatic N) is 2. The second kappa shape index (κ2) is 1.69. The Morgan fingerprint density at radius 2 is 2.12 bits per heavy atom. The van der Waals surface area contributed by atoms with E-state index in [1.165, 1.54) is 6.21 Å². The van der Waals surface area contributed by atoms with Gasteiger partial charge in [-0.15, -0.1) is 0 Å². The molecule has 1 heterocycles. The highest BCUT2D eigenvalue weighted by Crippen LogP contribution is 1.91. The van der Waals surface area contributed by atoms with Crippen LogP contribution in [-0.4, -0.2) is 18.3 Å². The SMILES string of the molecule is C=C1C=NC(=O)C=N1. The van der Waals surface area contributed by atoms with E-state index in [0.29, 0.717) is 5.70 Å². The summed E-state index contributed by atoms with van der Waals surface area (Å²) in [5.41, 5.74) is 0.518. The van der Waals surface area contributed by atoms with Crippen LogP contribution in [0, 0.1) is 0 Å². The largest absolute Gasteiger partial charge is 0.288 e. The molecule has 0 atom stereocenters. The third kappa shape index (κ3) is 0.872. The molecule has 0 aromatic carbocycles. The number of amides is 1. The van der Waals surface area contributed by atoms with Crippen molar-refractivity contribution in [2.45, 2.75) is 0 Å². The molecule has 1 aliphatic heterocycles. The van der Waals surface area contributed by atoms with Gasteiger partial charge in [-0.2, -0.15) is 0 Å². The summed E-state index contributed by atoms with van der Waals surface area (Å²) in [5.74, 6) is -0.322. The second-order valence-electron chi connectivity index (χ2n) is 1.35. The van der Waals surface area contributed by atoms with E-state index in [-0.39, 0.29) is 5.91 Å². The van der Waals surface area contributed by atoms with Crippen molar-refractivity contribution in [2.24, 2.45) is 9.98 Å². The second-order valence-corrected chi connectivity index (χ2v) is 1.35. The van der Waals surface area contributed by atoms with Crippen molar-refractivity contribution in [2.75, 3.05) is 0 Å². The first-order valence-corrected chi connectivity index (χ1v) is 2.10. The Labute approximate surface area is 46.5 Å². The minimum Gasteiger partial charge on any atom is -0.266 e. The number of allylic oxidation sites excluding steroid dienone is 1. The number of rotatable bonds is 0. The Hall–Kier alpha value is -1.25. The fourth-order valence-electron chi connectivity index (χ4n) is 0.343. The summed E-state index contributed by atoms with van der Waals surface area (Å²) in [7, 11) is 0. The molecule has 0 spiro atoms. The number of hydrogen-bond acceptors (Lipinski definition) is 2. The maximum Gasteiger partial charge on any atom is 0.288 e. The standard InChI is InChI=1S/C5H4N2O/c1-4-2-7-5(8)3-6-4/h2-3H,1H2. The molecule has 3 heteroatoms. The lowest BCUT2D eigenvalue weighted by Crippen LogP contribution is -2.00. The highest BCUT2D eigenvalue weighted by Gasteiger charge is 1.96. The highest BCUT2D eigenvalue weighted by molar-refractivity contribution is 6.30. The molecule has 0 N–H and O–H groups in total. The summed E-state index contributed by atoms with van der Waals surface area (Å²) in [5, 5.41) is 0. The van der Waals surface area contributed by atoms with Gasteiger partial charge in [0.25, 0.3) is 5.91 Å². The first-order valence-electron chi connectivity index (χ1n) is 2.10. The molecular weight excluding hydrogens is 104 g/mol. The highest BCUT2D eigenvalue weighted by atomic mass is 16.1. The molecule has 0 saturated heterocycles. The van der Waals surface area contributed by atoms with E-state index in [2.05, 4.69) is 16.6 Å². The van der Waals surface area contributed by atoms with E-state index in [4.69, 9.17) is 0 Å². The molecule has 1 aliphatic rings. The third-order valence-electron chi connectivity index (χ3n) is 0.682. The van der Waals surface area contributed by atoms with Gasteiger partial charge in [0.05, 0.1) is 18.1 Å². The normalized spacial score (nSPS) is 17.5. The maximum atomic E-state index is 10.2. The van der Waals surface area contributed by atoms with Crippen LogP contribution >= 0.6 is 0 Å². The predicted octanol–water partition coefficient (Wildman–Crippen LogP) is 0.182. The van der Waals surface area contributed by atoms with Crippen molar-refractivity contribution in [1.82, 2.24) is 0 Å². The van der Waals surface area contributed by atoms with Crippen molar-refractivity contribution in [3.05, 3.63) is 12.3 Å². The van der Waals surface area contributed by atoms with E-state index in [1.807, 2.05) is 0 Å². The zero-order valence-electron chi connectivity index (χ0n) is 4.16. The summed E-state index contributed by atoms with van der Waals surface area (Å²) in [6.45, 7) is 3.45. The van der Waals surface area contributed by atoms with E-state index in [1.54, 1.807) is 0 Å². The summed E-state index contributed by atoms with van der Waals surface area (Å²) >= 11 is 0. The van der Waals surface area contributed by atoms with Gasteiger partial charge in [0.1, 0.15) is 0 Å². The van der Waals surface area contributed by atoms with Gasteiger partial charge in [0.2, 0.25) is 0 Å². The summed E-state index contributed by atoms with van der Waals surface area (Å²) in [6.07, 6.45) is 2.48. The van der Waals surface area contributed by atoms with Gasteiger partial charge in [-0.1, -0.05) is 6.58 Å². The van der Waals surface area contributed by atoms with Crippen molar-refractivity contribution in [3.63, 3.8) is 0 Å². The molecule has 0 saturated carbocycles. The van der Waals surface area contributed by atoms with Crippen molar-refractivity contribution in [3.8, 4) is 0 Å². The molecule has 40 valence electrons. The molecule has 0 fully saturated rings. The topological polar surface area (TPSA) is 41.8 Å². The van der Waals surface area contributed by atoms with Gasteiger partial charge in [0, 0.05) is 0 Å². The molecule has 0 bridgehead atoms. The van der Waals surface area contributed by atoms with Crippen LogP contribution in [0.25, 0.3) is 0 Å². The maximum absolute atomic E-state index is 10.2. The van der Waals surface area contributed by atoms with E-state index in [9.17, 15) is 4.79 Å². The van der Waals surface area contributed by atoms with Crippen LogP contribution in [0.5, 0.6) is 0 Å². The molecule has 1 rings (SSSR count). The van der Waals surface area contributed by atoms with E-state index < -0.39 is 0 Å². The fourth-order valence-corrected chi connectivity index (χ4v) is 0.343. The van der Waals surface area contributed by atoms with Crippen LogP contribution in [-0.2, 0) is 4.79 Å². The molecule has 0 unspecified atom stereocenters.